The van der Waals surface area contributed by atoms with E-state index in [1.165, 1.54) is 0 Å². The lowest BCUT2D eigenvalue weighted by atomic mass is 10.1. The molecule has 0 saturated carbocycles. The summed E-state index contributed by atoms with van der Waals surface area (Å²) in [6, 6.07) is 0.932. The first kappa shape index (κ1) is 14.4. The molecule has 0 amide bonds. The lowest BCUT2D eigenvalue weighted by Gasteiger charge is -2.28. The average Bonchev–Trinajstić information content (AvgIpc) is 2.53. The fraction of sp³-hybridized carbons (Fsp3) is 0.917. The number of carbonyl (C=O) groups is 1. The number of carboxylic acid groups (broad SMARTS) is 1. The highest BCUT2D eigenvalue weighted by Gasteiger charge is 2.31. The van der Waals surface area contributed by atoms with E-state index in [1.807, 2.05) is 14.1 Å². The van der Waals surface area contributed by atoms with E-state index in [4.69, 9.17) is 5.11 Å². The molecule has 0 aromatic rings. The van der Waals surface area contributed by atoms with E-state index in [0.717, 1.165) is 26.1 Å². The van der Waals surface area contributed by atoms with Crippen molar-refractivity contribution in [2.45, 2.75) is 25.4 Å². The van der Waals surface area contributed by atoms with Crippen LogP contribution in [0, 0.1) is 0 Å². The van der Waals surface area contributed by atoms with Crippen LogP contribution in [0.3, 0.4) is 0 Å². The molecule has 0 aromatic carbocycles. The predicted octanol–water partition coefficient (Wildman–Crippen LogP) is 0.0272. The van der Waals surface area contributed by atoms with E-state index in [0.29, 0.717) is 12.1 Å². The number of carboxylic acids is 1. The largest absolute Gasteiger partial charge is 0.480 e. The molecule has 1 fully saturated rings. The molecule has 17 heavy (non-hydrogen) atoms. The first-order chi connectivity index (χ1) is 7.90. The standard InChI is InChI=1S/C12H25N3O2/c1-10-7-11(8-14(10)4)15(9-12(16)17)6-5-13(2)3/h10-11H,5-9H2,1-4H3,(H,16,17). The minimum absolute atomic E-state index is 0.152. The van der Waals surface area contributed by atoms with Gasteiger partial charge in [0.15, 0.2) is 0 Å². The third-order valence-corrected chi connectivity index (χ3v) is 3.55. The first-order valence-corrected chi connectivity index (χ1v) is 6.21. The SMILES string of the molecule is CC1CC(N(CCN(C)C)CC(=O)O)CN1C. The van der Waals surface area contributed by atoms with Crippen molar-refractivity contribution in [1.82, 2.24) is 14.7 Å². The van der Waals surface area contributed by atoms with E-state index in [-0.39, 0.29) is 6.54 Å². The molecule has 1 saturated heterocycles. The Hall–Kier alpha value is -0.650. The summed E-state index contributed by atoms with van der Waals surface area (Å²) in [6.07, 6.45) is 1.07. The Bertz CT molecular complexity index is 248. The highest BCUT2D eigenvalue weighted by Crippen LogP contribution is 2.19. The fourth-order valence-electron chi connectivity index (χ4n) is 2.32. The molecule has 5 heteroatoms. The van der Waals surface area contributed by atoms with Gasteiger partial charge < -0.3 is 14.9 Å². The van der Waals surface area contributed by atoms with Crippen molar-refractivity contribution in [3.05, 3.63) is 0 Å². The van der Waals surface area contributed by atoms with Crippen molar-refractivity contribution in [2.75, 3.05) is 47.3 Å². The van der Waals surface area contributed by atoms with Crippen LogP contribution in [0.4, 0.5) is 0 Å². The molecule has 1 aliphatic heterocycles. The summed E-state index contributed by atoms with van der Waals surface area (Å²) in [5.74, 6) is -0.731. The summed E-state index contributed by atoms with van der Waals surface area (Å²) in [4.78, 5) is 17.4. The Morgan fingerprint density at radius 2 is 2.06 bits per heavy atom. The van der Waals surface area contributed by atoms with Gasteiger partial charge in [-0.2, -0.15) is 0 Å². The second-order valence-corrected chi connectivity index (χ2v) is 5.35. The number of hydrogen-bond donors (Lipinski definition) is 1. The number of likely N-dealkylation sites (N-methyl/N-ethyl adjacent to an activating group) is 2. The molecular formula is C12H25N3O2. The summed E-state index contributed by atoms with van der Waals surface area (Å²) in [5.41, 5.74) is 0. The minimum Gasteiger partial charge on any atom is -0.480 e. The zero-order chi connectivity index (χ0) is 13.0. The Morgan fingerprint density at radius 3 is 2.47 bits per heavy atom. The maximum atomic E-state index is 10.9. The smallest absolute Gasteiger partial charge is 0.317 e. The van der Waals surface area contributed by atoms with Crippen molar-refractivity contribution >= 4 is 5.97 Å². The topological polar surface area (TPSA) is 47.0 Å². The summed E-state index contributed by atoms with van der Waals surface area (Å²) in [6.45, 7) is 5.05. The van der Waals surface area contributed by atoms with Gasteiger partial charge in [-0.05, 0) is 34.5 Å². The number of nitrogens with zero attached hydrogens (tertiary/aromatic N) is 3. The molecule has 1 N–H and O–H groups in total. The van der Waals surface area contributed by atoms with Crippen molar-refractivity contribution in [3.8, 4) is 0 Å². The molecule has 100 valence electrons. The molecule has 0 radical (unpaired) electrons. The van der Waals surface area contributed by atoms with E-state index in [2.05, 4.69) is 28.7 Å². The second kappa shape index (κ2) is 6.33. The van der Waals surface area contributed by atoms with Crippen LogP contribution in [0.15, 0.2) is 0 Å². The number of likely N-dealkylation sites (tertiary alicyclic amines) is 1. The van der Waals surface area contributed by atoms with Crippen molar-refractivity contribution < 1.29 is 9.90 Å². The van der Waals surface area contributed by atoms with Crippen LogP contribution < -0.4 is 0 Å². The van der Waals surface area contributed by atoms with Crippen LogP contribution in [0.1, 0.15) is 13.3 Å². The number of rotatable bonds is 6. The monoisotopic (exact) mass is 243 g/mol. The van der Waals surface area contributed by atoms with Gasteiger partial charge in [0.05, 0.1) is 6.54 Å². The summed E-state index contributed by atoms with van der Waals surface area (Å²) in [5, 5.41) is 8.97. The Balaban J connectivity index is 2.53. The van der Waals surface area contributed by atoms with Crippen molar-refractivity contribution in [1.29, 1.82) is 0 Å². The lowest BCUT2D eigenvalue weighted by molar-refractivity contribution is -0.138. The summed E-state index contributed by atoms with van der Waals surface area (Å²) < 4.78 is 0. The Morgan fingerprint density at radius 1 is 1.41 bits per heavy atom. The minimum atomic E-state index is -0.731. The zero-order valence-corrected chi connectivity index (χ0v) is 11.4. The molecule has 1 rings (SSSR count). The van der Waals surface area contributed by atoms with Gasteiger partial charge >= 0.3 is 5.97 Å². The molecule has 2 unspecified atom stereocenters. The van der Waals surface area contributed by atoms with Crippen molar-refractivity contribution in [2.24, 2.45) is 0 Å². The van der Waals surface area contributed by atoms with Gasteiger partial charge in [0.25, 0.3) is 0 Å². The van der Waals surface area contributed by atoms with Crippen LogP contribution in [0.5, 0.6) is 0 Å². The van der Waals surface area contributed by atoms with E-state index in [1.54, 1.807) is 0 Å². The van der Waals surface area contributed by atoms with Crippen LogP contribution in [0.2, 0.25) is 0 Å². The molecule has 1 heterocycles. The predicted molar refractivity (Wildman–Crippen MR) is 68.3 cm³/mol. The van der Waals surface area contributed by atoms with Gasteiger partial charge in [-0.3, -0.25) is 9.69 Å². The van der Waals surface area contributed by atoms with E-state index < -0.39 is 5.97 Å². The highest BCUT2D eigenvalue weighted by molar-refractivity contribution is 5.69. The van der Waals surface area contributed by atoms with Gasteiger partial charge in [-0.1, -0.05) is 0 Å². The zero-order valence-electron chi connectivity index (χ0n) is 11.4. The average molecular weight is 243 g/mol. The van der Waals surface area contributed by atoms with Crippen LogP contribution in [0.25, 0.3) is 0 Å². The molecule has 0 bridgehead atoms. The maximum Gasteiger partial charge on any atom is 0.317 e. The van der Waals surface area contributed by atoms with Crippen LogP contribution in [-0.4, -0.2) is 85.2 Å². The third kappa shape index (κ3) is 4.61. The molecule has 5 nitrogen and oxygen atoms in total. The van der Waals surface area contributed by atoms with E-state index in [9.17, 15) is 4.79 Å². The van der Waals surface area contributed by atoms with Gasteiger partial charge in [-0.25, -0.2) is 0 Å². The Labute approximate surface area is 104 Å². The van der Waals surface area contributed by atoms with Gasteiger partial charge in [0.1, 0.15) is 0 Å². The molecule has 0 spiro atoms. The first-order valence-electron chi connectivity index (χ1n) is 6.21. The third-order valence-electron chi connectivity index (χ3n) is 3.55. The van der Waals surface area contributed by atoms with E-state index >= 15 is 0 Å². The fourth-order valence-corrected chi connectivity index (χ4v) is 2.32. The number of hydrogen-bond acceptors (Lipinski definition) is 4. The summed E-state index contributed by atoms with van der Waals surface area (Å²) in [7, 11) is 6.14. The molecule has 0 aromatic heterocycles. The van der Waals surface area contributed by atoms with Crippen molar-refractivity contribution in [3.63, 3.8) is 0 Å². The number of aliphatic carboxylic acids is 1. The van der Waals surface area contributed by atoms with Crippen LogP contribution in [-0.2, 0) is 4.79 Å². The lowest BCUT2D eigenvalue weighted by Crippen LogP contribution is -2.43. The summed E-state index contributed by atoms with van der Waals surface area (Å²) >= 11 is 0. The highest BCUT2D eigenvalue weighted by atomic mass is 16.4. The normalized spacial score (nSPS) is 26.0. The van der Waals surface area contributed by atoms with Crippen LogP contribution >= 0.6 is 0 Å². The molecular weight excluding hydrogens is 218 g/mol. The Kier molecular flexibility index (Phi) is 5.36. The van der Waals surface area contributed by atoms with Gasteiger partial charge in [-0.15, -0.1) is 0 Å². The quantitative estimate of drug-likeness (QED) is 0.713. The molecule has 2 atom stereocenters. The molecule has 0 aliphatic carbocycles. The second-order valence-electron chi connectivity index (χ2n) is 5.35. The van der Waals surface area contributed by atoms with Gasteiger partial charge in [0, 0.05) is 31.7 Å². The molecule has 1 aliphatic rings. The van der Waals surface area contributed by atoms with Gasteiger partial charge in [0.2, 0.25) is 0 Å². The maximum absolute atomic E-state index is 10.9.